The summed E-state index contributed by atoms with van der Waals surface area (Å²) in [7, 11) is 0. The molecule has 0 spiro atoms. The number of nitrogens with one attached hydrogen (secondary N) is 2. The van der Waals surface area contributed by atoms with Gasteiger partial charge >= 0.3 is 0 Å². The molecule has 2 N–H and O–H groups in total. The molecule has 18 heavy (non-hydrogen) atoms. The zero-order valence-electron chi connectivity index (χ0n) is 12.2. The average Bonchev–Trinajstić information content (AvgIpc) is 2.39. The summed E-state index contributed by atoms with van der Waals surface area (Å²) in [6.07, 6.45) is 3.18. The van der Waals surface area contributed by atoms with Crippen molar-refractivity contribution in [3.8, 4) is 0 Å². The predicted octanol–water partition coefficient (Wildman–Crippen LogP) is 1.22. The lowest BCUT2D eigenvalue weighted by molar-refractivity contribution is -0.126. The highest BCUT2D eigenvalue weighted by atomic mass is 16.1. The monoisotopic (exact) mass is 255 g/mol. The molecule has 106 valence electrons. The van der Waals surface area contributed by atoms with Gasteiger partial charge in [-0.3, -0.25) is 4.79 Å². The normalized spacial score (nSPS) is 24.2. The van der Waals surface area contributed by atoms with Crippen LogP contribution in [-0.2, 0) is 4.79 Å². The Bertz CT molecular complexity index is 241. The third-order valence-corrected chi connectivity index (χ3v) is 3.94. The first-order valence-electron chi connectivity index (χ1n) is 7.42. The highest BCUT2D eigenvalue weighted by molar-refractivity contribution is 5.79. The first-order chi connectivity index (χ1) is 8.69. The van der Waals surface area contributed by atoms with E-state index in [1.54, 1.807) is 0 Å². The van der Waals surface area contributed by atoms with Gasteiger partial charge in [0.25, 0.3) is 0 Å². The molecule has 4 nitrogen and oxygen atoms in total. The van der Waals surface area contributed by atoms with Crippen LogP contribution in [0.3, 0.4) is 0 Å². The fourth-order valence-electron chi connectivity index (χ4n) is 2.59. The standard InChI is InChI=1S/C14H29N3O/c1-4-17(5-2)11-7-10-16-14(18)13-8-6-9-15-12(13)3/h12-13,15H,4-11H2,1-3H3,(H,16,18). The second-order valence-electron chi connectivity index (χ2n) is 5.16. The number of carbonyl (C=O) groups excluding carboxylic acids is 1. The number of rotatable bonds is 7. The van der Waals surface area contributed by atoms with Gasteiger partial charge in [0.1, 0.15) is 0 Å². The molecule has 1 aliphatic heterocycles. The van der Waals surface area contributed by atoms with E-state index in [1.165, 1.54) is 0 Å². The lowest BCUT2D eigenvalue weighted by Crippen LogP contribution is -2.47. The molecule has 0 aromatic carbocycles. The maximum atomic E-state index is 12.0. The van der Waals surface area contributed by atoms with Crippen LogP contribution < -0.4 is 10.6 Å². The van der Waals surface area contributed by atoms with Gasteiger partial charge in [-0.15, -0.1) is 0 Å². The molecule has 1 rings (SSSR count). The van der Waals surface area contributed by atoms with Crippen molar-refractivity contribution >= 4 is 5.91 Å². The SMILES string of the molecule is CCN(CC)CCCNC(=O)C1CCCNC1C. The van der Waals surface area contributed by atoms with Crippen molar-refractivity contribution in [1.82, 2.24) is 15.5 Å². The van der Waals surface area contributed by atoms with Crippen LogP contribution >= 0.6 is 0 Å². The van der Waals surface area contributed by atoms with Gasteiger partial charge in [-0.05, 0) is 52.4 Å². The molecule has 2 unspecified atom stereocenters. The third kappa shape index (κ3) is 4.94. The zero-order valence-corrected chi connectivity index (χ0v) is 12.2. The van der Waals surface area contributed by atoms with Gasteiger partial charge in [0, 0.05) is 12.6 Å². The van der Waals surface area contributed by atoms with Crippen molar-refractivity contribution in [3.05, 3.63) is 0 Å². The Labute approximate surface area is 111 Å². The van der Waals surface area contributed by atoms with Crippen molar-refractivity contribution in [3.63, 3.8) is 0 Å². The van der Waals surface area contributed by atoms with E-state index < -0.39 is 0 Å². The molecular formula is C14H29N3O. The van der Waals surface area contributed by atoms with Gasteiger partial charge in [0.05, 0.1) is 5.92 Å². The number of nitrogens with zero attached hydrogens (tertiary/aromatic N) is 1. The number of piperidine rings is 1. The predicted molar refractivity (Wildman–Crippen MR) is 75.6 cm³/mol. The maximum Gasteiger partial charge on any atom is 0.224 e. The van der Waals surface area contributed by atoms with Gasteiger partial charge in [-0.1, -0.05) is 13.8 Å². The quantitative estimate of drug-likeness (QED) is 0.672. The lowest BCUT2D eigenvalue weighted by atomic mass is 9.91. The topological polar surface area (TPSA) is 44.4 Å². The minimum Gasteiger partial charge on any atom is -0.356 e. The van der Waals surface area contributed by atoms with Crippen LogP contribution in [0.15, 0.2) is 0 Å². The molecule has 0 aliphatic carbocycles. The summed E-state index contributed by atoms with van der Waals surface area (Å²) in [6.45, 7) is 11.6. The molecule has 2 atom stereocenters. The maximum absolute atomic E-state index is 12.0. The third-order valence-electron chi connectivity index (χ3n) is 3.94. The molecule has 0 aromatic heterocycles. The molecule has 1 heterocycles. The van der Waals surface area contributed by atoms with E-state index in [1.807, 2.05) is 0 Å². The van der Waals surface area contributed by atoms with Crippen molar-refractivity contribution in [2.75, 3.05) is 32.7 Å². The van der Waals surface area contributed by atoms with E-state index in [9.17, 15) is 4.79 Å². The summed E-state index contributed by atoms with van der Waals surface area (Å²) < 4.78 is 0. The number of hydrogen-bond acceptors (Lipinski definition) is 3. The molecule has 0 saturated carbocycles. The van der Waals surface area contributed by atoms with Crippen molar-refractivity contribution in [1.29, 1.82) is 0 Å². The van der Waals surface area contributed by atoms with Crippen LogP contribution in [0.2, 0.25) is 0 Å². The summed E-state index contributed by atoms with van der Waals surface area (Å²) in [5.74, 6) is 0.390. The Hall–Kier alpha value is -0.610. The van der Waals surface area contributed by atoms with E-state index >= 15 is 0 Å². The molecule has 1 saturated heterocycles. The van der Waals surface area contributed by atoms with Crippen molar-refractivity contribution in [2.24, 2.45) is 5.92 Å². The average molecular weight is 255 g/mol. The lowest BCUT2D eigenvalue weighted by Gasteiger charge is -2.29. The second-order valence-corrected chi connectivity index (χ2v) is 5.16. The number of amides is 1. The smallest absolute Gasteiger partial charge is 0.224 e. The minimum atomic E-state index is 0.159. The molecule has 0 aromatic rings. The summed E-state index contributed by atoms with van der Waals surface area (Å²) in [5.41, 5.74) is 0. The molecular weight excluding hydrogens is 226 g/mol. The van der Waals surface area contributed by atoms with E-state index in [2.05, 4.69) is 36.3 Å². The highest BCUT2D eigenvalue weighted by Gasteiger charge is 2.26. The second kappa shape index (κ2) is 8.48. The largest absolute Gasteiger partial charge is 0.356 e. The molecule has 0 radical (unpaired) electrons. The molecule has 1 amide bonds. The van der Waals surface area contributed by atoms with Crippen molar-refractivity contribution in [2.45, 2.75) is 46.1 Å². The first-order valence-corrected chi connectivity index (χ1v) is 7.42. The van der Waals surface area contributed by atoms with Gasteiger partial charge in [0.15, 0.2) is 0 Å². The van der Waals surface area contributed by atoms with Crippen LogP contribution in [0.5, 0.6) is 0 Å². The highest BCUT2D eigenvalue weighted by Crippen LogP contribution is 2.16. The Balaban J connectivity index is 2.16. The minimum absolute atomic E-state index is 0.159. The molecule has 4 heteroatoms. The number of carbonyl (C=O) groups is 1. The van der Waals surface area contributed by atoms with Crippen molar-refractivity contribution < 1.29 is 4.79 Å². The Kier molecular flexibility index (Phi) is 7.28. The summed E-state index contributed by atoms with van der Waals surface area (Å²) >= 11 is 0. The van der Waals surface area contributed by atoms with Gasteiger partial charge < -0.3 is 15.5 Å². The van der Waals surface area contributed by atoms with E-state index in [-0.39, 0.29) is 11.8 Å². The van der Waals surface area contributed by atoms with Crippen LogP contribution in [0.4, 0.5) is 0 Å². The van der Waals surface area contributed by atoms with Gasteiger partial charge in [-0.25, -0.2) is 0 Å². The molecule has 1 aliphatic rings. The first kappa shape index (κ1) is 15.4. The van der Waals surface area contributed by atoms with Crippen LogP contribution in [0.1, 0.15) is 40.0 Å². The van der Waals surface area contributed by atoms with Crippen LogP contribution in [-0.4, -0.2) is 49.6 Å². The van der Waals surface area contributed by atoms with Gasteiger partial charge in [0.2, 0.25) is 5.91 Å². The fraction of sp³-hybridized carbons (Fsp3) is 0.929. The van der Waals surface area contributed by atoms with Crippen LogP contribution in [0.25, 0.3) is 0 Å². The summed E-state index contributed by atoms with van der Waals surface area (Å²) in [4.78, 5) is 14.4. The van der Waals surface area contributed by atoms with Gasteiger partial charge in [-0.2, -0.15) is 0 Å². The number of hydrogen-bond donors (Lipinski definition) is 2. The van der Waals surface area contributed by atoms with E-state index in [4.69, 9.17) is 0 Å². The molecule has 0 bridgehead atoms. The fourth-order valence-corrected chi connectivity index (χ4v) is 2.59. The summed E-state index contributed by atoms with van der Waals surface area (Å²) in [6, 6.07) is 0.321. The Morgan fingerprint density at radius 2 is 2.11 bits per heavy atom. The Morgan fingerprint density at radius 3 is 2.72 bits per heavy atom. The van der Waals surface area contributed by atoms with E-state index in [0.29, 0.717) is 6.04 Å². The zero-order chi connectivity index (χ0) is 13.4. The van der Waals surface area contributed by atoms with E-state index in [0.717, 1.165) is 52.0 Å². The van der Waals surface area contributed by atoms with Crippen LogP contribution in [0, 0.1) is 5.92 Å². The molecule has 1 fully saturated rings. The Morgan fingerprint density at radius 1 is 1.39 bits per heavy atom. The summed E-state index contributed by atoms with van der Waals surface area (Å²) in [5, 5.41) is 6.45.